The van der Waals surface area contributed by atoms with Gasteiger partial charge in [0, 0.05) is 19.4 Å². The molecule has 2 N–H and O–H groups in total. The zero-order valence-electron chi connectivity index (χ0n) is 17.3. The lowest BCUT2D eigenvalue weighted by Gasteiger charge is -2.43. The van der Waals surface area contributed by atoms with E-state index in [9.17, 15) is 18.0 Å². The van der Waals surface area contributed by atoms with Gasteiger partial charge < -0.3 is 19.5 Å². The second-order valence-corrected chi connectivity index (χ2v) is 9.41. The first-order valence-electron chi connectivity index (χ1n) is 10.6. The molecule has 1 saturated carbocycles. The Hall–Kier alpha value is -2.41. The van der Waals surface area contributed by atoms with Crippen LogP contribution in [0, 0.1) is 5.92 Å². The largest absolute Gasteiger partial charge is 0.391 e. The summed E-state index contributed by atoms with van der Waals surface area (Å²) in [4.78, 5) is 23.8. The van der Waals surface area contributed by atoms with E-state index in [1.54, 1.807) is 0 Å². The van der Waals surface area contributed by atoms with Gasteiger partial charge in [-0.05, 0) is 25.7 Å². The Morgan fingerprint density at radius 1 is 1.19 bits per heavy atom. The number of hydrogen-bond acceptors (Lipinski definition) is 8. The van der Waals surface area contributed by atoms with Crippen molar-refractivity contribution in [3.8, 4) is 0 Å². The van der Waals surface area contributed by atoms with Gasteiger partial charge in [0.05, 0.1) is 41.8 Å². The minimum absolute atomic E-state index is 0.0505. The zero-order valence-corrected chi connectivity index (χ0v) is 18.1. The van der Waals surface area contributed by atoms with Crippen molar-refractivity contribution in [1.82, 2.24) is 20.4 Å². The number of alkyl halides is 3. The first-order chi connectivity index (χ1) is 15.3. The van der Waals surface area contributed by atoms with Gasteiger partial charge in [0.25, 0.3) is 0 Å². The van der Waals surface area contributed by atoms with Crippen LogP contribution < -0.4 is 15.5 Å². The number of anilines is 2. The summed E-state index contributed by atoms with van der Waals surface area (Å²) < 4.78 is 50.2. The Bertz CT molecular complexity index is 987. The highest BCUT2D eigenvalue weighted by Gasteiger charge is 2.45. The second kappa shape index (κ2) is 8.18. The van der Waals surface area contributed by atoms with E-state index in [1.165, 1.54) is 18.4 Å². The molecule has 9 nitrogen and oxygen atoms in total. The van der Waals surface area contributed by atoms with Crippen LogP contribution in [0.15, 0.2) is 4.52 Å². The first kappa shape index (κ1) is 21.4. The van der Waals surface area contributed by atoms with Gasteiger partial charge >= 0.3 is 18.2 Å². The lowest BCUT2D eigenvalue weighted by atomic mass is 9.81. The molecule has 2 aliphatic heterocycles. The number of urea groups is 1. The molecule has 0 aromatic carbocycles. The van der Waals surface area contributed by atoms with E-state index in [0.717, 1.165) is 10.6 Å². The number of aromatic nitrogens is 3. The molecular weight excluding hydrogens is 449 g/mol. The first-order valence-corrected chi connectivity index (χ1v) is 11.4. The minimum atomic E-state index is -4.14. The number of carbonyl (C=O) groups excluding carboxylic acids is 1. The van der Waals surface area contributed by atoms with Gasteiger partial charge in [-0.15, -0.1) is 0 Å². The van der Waals surface area contributed by atoms with Crippen molar-refractivity contribution in [1.29, 1.82) is 0 Å². The predicted molar refractivity (Wildman–Crippen MR) is 109 cm³/mol. The Morgan fingerprint density at radius 3 is 2.69 bits per heavy atom. The molecule has 4 heterocycles. The normalized spacial score (nSPS) is 27.7. The highest BCUT2D eigenvalue weighted by Crippen LogP contribution is 2.45. The van der Waals surface area contributed by atoms with Gasteiger partial charge in [-0.2, -0.15) is 18.2 Å². The average Bonchev–Trinajstić information content (AvgIpc) is 3.40. The monoisotopic (exact) mass is 472 g/mol. The lowest BCUT2D eigenvalue weighted by Crippen LogP contribution is -2.51. The molecule has 2 atom stereocenters. The van der Waals surface area contributed by atoms with Crippen LogP contribution in [0.5, 0.6) is 0 Å². The SMILES string of the molecule is CNC(=O)Nc1nc2c(s1)C1COCC(C2)N1c1nc([C@H]2CC[C@@H](C(F)(F)F)CC2)no1. The van der Waals surface area contributed by atoms with Crippen molar-refractivity contribution in [2.45, 2.75) is 56.3 Å². The lowest BCUT2D eigenvalue weighted by molar-refractivity contribution is -0.182. The van der Waals surface area contributed by atoms with Crippen LogP contribution >= 0.6 is 11.3 Å². The molecule has 2 aromatic heterocycles. The van der Waals surface area contributed by atoms with E-state index in [2.05, 4.69) is 25.8 Å². The third-order valence-electron chi connectivity index (χ3n) is 6.43. The summed E-state index contributed by atoms with van der Waals surface area (Å²) in [5.74, 6) is -0.905. The van der Waals surface area contributed by atoms with Crippen molar-refractivity contribution in [2.24, 2.45) is 5.92 Å². The van der Waals surface area contributed by atoms with Crippen molar-refractivity contribution < 1.29 is 27.2 Å². The van der Waals surface area contributed by atoms with Crippen LogP contribution in [0.4, 0.5) is 29.1 Å². The van der Waals surface area contributed by atoms with Crippen LogP contribution in [0.25, 0.3) is 0 Å². The number of thiazole rings is 1. The van der Waals surface area contributed by atoms with Crippen LogP contribution in [-0.2, 0) is 11.2 Å². The fourth-order valence-electron chi connectivity index (χ4n) is 4.76. The van der Waals surface area contributed by atoms with Crippen molar-refractivity contribution in [2.75, 3.05) is 30.5 Å². The molecule has 2 bridgehead atoms. The van der Waals surface area contributed by atoms with Crippen LogP contribution in [0.2, 0.25) is 0 Å². The summed E-state index contributed by atoms with van der Waals surface area (Å²) in [6.45, 7) is 0.888. The number of amides is 2. The Morgan fingerprint density at radius 2 is 1.97 bits per heavy atom. The van der Waals surface area contributed by atoms with Crippen LogP contribution in [0.1, 0.15) is 54.0 Å². The van der Waals surface area contributed by atoms with E-state index in [1.807, 2.05) is 4.90 Å². The van der Waals surface area contributed by atoms with Gasteiger partial charge in [-0.25, -0.2) is 9.78 Å². The number of ether oxygens (including phenoxy) is 1. The fourth-order valence-corrected chi connectivity index (χ4v) is 5.83. The summed E-state index contributed by atoms with van der Waals surface area (Å²) in [5, 5.41) is 9.84. The van der Waals surface area contributed by atoms with Gasteiger partial charge in [-0.1, -0.05) is 16.5 Å². The van der Waals surface area contributed by atoms with Crippen molar-refractivity contribution >= 4 is 28.5 Å². The maximum atomic E-state index is 13.0. The topological polar surface area (TPSA) is 105 Å². The Kier molecular flexibility index (Phi) is 5.48. The molecular formula is C19H23F3N6O3S. The maximum Gasteiger partial charge on any atom is 0.391 e. The molecule has 1 aliphatic carbocycles. The third kappa shape index (κ3) is 3.91. The molecule has 2 aromatic rings. The van der Waals surface area contributed by atoms with Crippen LogP contribution in [0.3, 0.4) is 0 Å². The number of nitrogens with one attached hydrogen (secondary N) is 2. The quantitative estimate of drug-likeness (QED) is 0.703. The molecule has 2 fully saturated rings. The standard InChI is InChI=1S/C19H23F3N6O3S/c1-23-16(29)26-17-24-12-6-11-7-30-8-13(14(12)32-17)28(11)18-25-15(27-31-18)9-2-4-10(5-3-9)19(20,21)22/h9-11,13H,2-8H2,1H3,(H2,23,24,26,29)/t9-,10+,11?,13?. The average molecular weight is 472 g/mol. The number of fused-ring (bicyclic) bond motifs is 4. The van der Waals surface area contributed by atoms with E-state index in [4.69, 9.17) is 9.26 Å². The smallest absolute Gasteiger partial charge is 0.377 e. The van der Waals surface area contributed by atoms with Gasteiger partial charge in [0.15, 0.2) is 11.0 Å². The molecule has 13 heteroatoms. The van der Waals surface area contributed by atoms with E-state index < -0.39 is 12.1 Å². The van der Waals surface area contributed by atoms with E-state index >= 15 is 0 Å². The summed E-state index contributed by atoms with van der Waals surface area (Å²) in [6.07, 6.45) is -2.57. The van der Waals surface area contributed by atoms with Gasteiger partial charge in [-0.3, -0.25) is 5.32 Å². The highest BCUT2D eigenvalue weighted by molar-refractivity contribution is 7.16. The zero-order chi connectivity index (χ0) is 22.5. The molecule has 1 saturated heterocycles. The fraction of sp³-hybridized carbons (Fsp3) is 0.684. The predicted octanol–water partition coefficient (Wildman–Crippen LogP) is 3.62. The summed E-state index contributed by atoms with van der Waals surface area (Å²) in [7, 11) is 1.54. The number of halogens is 3. The molecule has 32 heavy (non-hydrogen) atoms. The number of rotatable bonds is 3. The second-order valence-electron chi connectivity index (χ2n) is 8.38. The van der Waals surface area contributed by atoms with Gasteiger partial charge in [0.2, 0.25) is 0 Å². The van der Waals surface area contributed by atoms with Crippen LogP contribution in [-0.4, -0.2) is 53.6 Å². The minimum Gasteiger partial charge on any atom is -0.377 e. The molecule has 174 valence electrons. The molecule has 3 aliphatic rings. The Labute approximate surface area is 185 Å². The number of morpholine rings is 1. The summed E-state index contributed by atoms with van der Waals surface area (Å²) in [5.41, 5.74) is 0.918. The molecule has 2 unspecified atom stereocenters. The number of hydrogen-bond donors (Lipinski definition) is 2. The molecule has 2 amide bonds. The highest BCUT2D eigenvalue weighted by atomic mass is 32.1. The van der Waals surface area contributed by atoms with Gasteiger partial charge in [0.1, 0.15) is 0 Å². The molecule has 5 rings (SSSR count). The van der Waals surface area contributed by atoms with Crippen molar-refractivity contribution in [3.05, 3.63) is 16.4 Å². The number of nitrogens with zero attached hydrogens (tertiary/aromatic N) is 4. The van der Waals surface area contributed by atoms with Crippen molar-refractivity contribution in [3.63, 3.8) is 0 Å². The van der Waals surface area contributed by atoms with E-state index in [0.29, 0.717) is 49.4 Å². The summed E-state index contributed by atoms with van der Waals surface area (Å²) >= 11 is 1.38. The van der Waals surface area contributed by atoms with E-state index in [-0.39, 0.29) is 36.9 Å². The number of carbonyl (C=O) groups is 1. The Balaban J connectivity index is 1.34. The summed E-state index contributed by atoms with van der Waals surface area (Å²) in [6, 6.07) is -0.208. The maximum absolute atomic E-state index is 13.0. The third-order valence-corrected chi connectivity index (χ3v) is 7.54. The molecule has 0 spiro atoms. The molecule has 0 radical (unpaired) electrons.